The van der Waals surface area contributed by atoms with Crippen molar-refractivity contribution in [3.8, 4) is 17.6 Å². The first-order chi connectivity index (χ1) is 14.8. The summed E-state index contributed by atoms with van der Waals surface area (Å²) in [5, 5.41) is 9.70. The number of aromatic nitrogens is 1. The molecule has 0 saturated carbocycles. The molecule has 0 aliphatic carbocycles. The van der Waals surface area contributed by atoms with Crippen molar-refractivity contribution in [3.05, 3.63) is 79.7 Å². The highest BCUT2D eigenvalue weighted by molar-refractivity contribution is 8.00. The zero-order valence-electron chi connectivity index (χ0n) is 16.4. The van der Waals surface area contributed by atoms with Crippen LogP contribution < -0.4 is 24.2 Å². The van der Waals surface area contributed by atoms with Crippen LogP contribution in [0.2, 0.25) is 0 Å². The van der Waals surface area contributed by atoms with E-state index in [0.29, 0.717) is 17.1 Å². The summed E-state index contributed by atoms with van der Waals surface area (Å²) in [5.74, 6) is 1.16. The highest BCUT2D eigenvalue weighted by Gasteiger charge is 2.24. The second kappa shape index (κ2) is 7.91. The molecule has 0 bridgehead atoms. The van der Waals surface area contributed by atoms with E-state index >= 15 is 0 Å². The molecule has 0 atom stereocenters. The largest absolute Gasteiger partial charge is 0.454 e. The van der Waals surface area contributed by atoms with E-state index in [1.807, 2.05) is 6.92 Å². The van der Waals surface area contributed by atoms with Crippen molar-refractivity contribution in [1.82, 2.24) is 4.57 Å². The van der Waals surface area contributed by atoms with Gasteiger partial charge in [0.25, 0.3) is 5.56 Å². The molecule has 4 rings (SSSR count). The first kappa shape index (κ1) is 20.7. The number of rotatable bonds is 4. The van der Waals surface area contributed by atoms with Crippen LogP contribution in [0.15, 0.2) is 58.7 Å². The number of ether oxygens (including phenoxy) is 2. The molecule has 156 valence electrons. The second-order valence-corrected chi connectivity index (χ2v) is 9.56. The summed E-state index contributed by atoms with van der Waals surface area (Å²) in [4.78, 5) is 12.4. The van der Waals surface area contributed by atoms with Crippen molar-refractivity contribution in [1.29, 1.82) is 5.26 Å². The molecule has 1 aromatic heterocycles. The molecule has 0 fully saturated rings. The number of fused-ring (bicyclic) bond motifs is 1. The molecule has 1 aliphatic heterocycles. The number of benzene rings is 2. The summed E-state index contributed by atoms with van der Waals surface area (Å²) in [7, 11) is -4.13. The van der Waals surface area contributed by atoms with Gasteiger partial charge in [-0.3, -0.25) is 9.36 Å². The Bertz CT molecular complexity index is 1520. The molecule has 0 saturated heterocycles. The molecule has 0 radical (unpaired) electrons. The lowest BCUT2D eigenvalue weighted by Gasteiger charge is -2.03. The highest BCUT2D eigenvalue weighted by atomic mass is 32.2. The molecule has 9 heteroatoms. The molecule has 7 nitrogen and oxygen atoms in total. The number of sulfone groups is 1. The Labute approximate surface area is 182 Å². The van der Waals surface area contributed by atoms with Gasteiger partial charge < -0.3 is 9.47 Å². The lowest BCUT2D eigenvalue weighted by molar-refractivity contribution is 0.174. The number of aryl methyl sites for hydroxylation is 1. The Balaban J connectivity index is 1.96. The van der Waals surface area contributed by atoms with Crippen LogP contribution in [0.5, 0.6) is 11.5 Å². The van der Waals surface area contributed by atoms with Crippen LogP contribution in [0.1, 0.15) is 11.1 Å². The van der Waals surface area contributed by atoms with E-state index in [0.717, 1.165) is 21.5 Å². The van der Waals surface area contributed by atoms with Gasteiger partial charge in [0, 0.05) is 6.20 Å². The van der Waals surface area contributed by atoms with Gasteiger partial charge in [0.15, 0.2) is 16.4 Å². The summed E-state index contributed by atoms with van der Waals surface area (Å²) in [5.41, 5.74) is 1.09. The smallest absolute Gasteiger partial charge is 0.273 e. The van der Waals surface area contributed by atoms with Crippen molar-refractivity contribution in [2.45, 2.75) is 11.8 Å². The zero-order chi connectivity index (χ0) is 22.2. The minimum Gasteiger partial charge on any atom is -0.454 e. The lowest BCUT2D eigenvalue weighted by atomic mass is 10.2. The quantitative estimate of drug-likeness (QED) is 0.600. The van der Waals surface area contributed by atoms with E-state index in [9.17, 15) is 18.5 Å². The van der Waals surface area contributed by atoms with Crippen molar-refractivity contribution in [3.63, 3.8) is 0 Å². The molecule has 31 heavy (non-hydrogen) atoms. The van der Waals surface area contributed by atoms with Crippen molar-refractivity contribution < 1.29 is 17.9 Å². The van der Waals surface area contributed by atoms with E-state index < -0.39 is 20.3 Å². The van der Waals surface area contributed by atoms with Crippen LogP contribution in [0.4, 0.5) is 0 Å². The van der Waals surface area contributed by atoms with E-state index in [1.54, 1.807) is 42.5 Å². The first-order valence-corrected chi connectivity index (χ1v) is 11.4. The normalized spacial score (nSPS) is 14.3. The Hall–Kier alpha value is -3.61. The van der Waals surface area contributed by atoms with E-state index in [-0.39, 0.29) is 20.9 Å². The molecular formula is C22H16N2O5S2. The van der Waals surface area contributed by atoms with Crippen molar-refractivity contribution in [2.75, 3.05) is 6.79 Å². The summed E-state index contributed by atoms with van der Waals surface area (Å²) in [6.45, 7) is 5.56. The number of hydrogen-bond acceptors (Lipinski definition) is 7. The van der Waals surface area contributed by atoms with Gasteiger partial charge in [0.05, 0.1) is 9.43 Å². The van der Waals surface area contributed by atoms with E-state index in [2.05, 4.69) is 6.58 Å². The van der Waals surface area contributed by atoms with Crippen LogP contribution in [-0.2, 0) is 9.84 Å². The van der Waals surface area contributed by atoms with Crippen LogP contribution in [0.3, 0.4) is 0 Å². The van der Waals surface area contributed by atoms with Gasteiger partial charge in [-0.05, 0) is 42.8 Å². The molecule has 3 aromatic rings. The summed E-state index contributed by atoms with van der Waals surface area (Å²) in [6, 6.07) is 13.1. The van der Waals surface area contributed by atoms with Crippen molar-refractivity contribution in [2.24, 2.45) is 0 Å². The van der Waals surface area contributed by atoms with Gasteiger partial charge in [-0.2, -0.15) is 5.26 Å². The molecule has 0 N–H and O–H groups in total. The Morgan fingerprint density at radius 1 is 1.19 bits per heavy atom. The third kappa shape index (κ3) is 3.67. The average molecular weight is 453 g/mol. The van der Waals surface area contributed by atoms with Gasteiger partial charge in [0.1, 0.15) is 10.7 Å². The molecule has 0 amide bonds. The predicted octanol–water partition coefficient (Wildman–Crippen LogP) is 1.98. The maximum Gasteiger partial charge on any atom is 0.273 e. The lowest BCUT2D eigenvalue weighted by Crippen LogP contribution is -2.29. The van der Waals surface area contributed by atoms with Gasteiger partial charge in [-0.1, -0.05) is 30.3 Å². The molecule has 2 heterocycles. The molecule has 0 unspecified atom stereocenters. The summed E-state index contributed by atoms with van der Waals surface area (Å²) < 4.78 is 38.2. The minimum atomic E-state index is -4.13. The van der Waals surface area contributed by atoms with Crippen molar-refractivity contribution >= 4 is 38.4 Å². The van der Waals surface area contributed by atoms with E-state index in [4.69, 9.17) is 9.47 Å². The standard InChI is InChI=1S/C22H16N2O5S2/c1-3-24-21(25)19(11-15-6-9-17-18(10-15)29-13-28-17)30-22(24)20(12-23)31(26,27)16-7-4-14(2)5-8-16/h3-11H,1,13H2,2H3. The molecule has 2 aromatic carbocycles. The van der Waals surface area contributed by atoms with Crippen LogP contribution in [0, 0.1) is 18.3 Å². The Morgan fingerprint density at radius 2 is 1.90 bits per heavy atom. The Morgan fingerprint density at radius 3 is 2.58 bits per heavy atom. The fourth-order valence-electron chi connectivity index (χ4n) is 3.03. The fraction of sp³-hybridized carbons (Fsp3) is 0.0909. The minimum absolute atomic E-state index is 0.00457. The first-order valence-electron chi connectivity index (χ1n) is 9.06. The topological polar surface area (TPSA) is 98.4 Å². The van der Waals surface area contributed by atoms with Crippen LogP contribution in [-0.4, -0.2) is 19.8 Å². The second-order valence-electron chi connectivity index (χ2n) is 6.64. The summed E-state index contributed by atoms with van der Waals surface area (Å²) >= 11 is 0.909. The molecular weight excluding hydrogens is 436 g/mol. The van der Waals surface area contributed by atoms with Gasteiger partial charge in [-0.15, -0.1) is 11.3 Å². The molecule has 1 aliphatic rings. The SMILES string of the molecule is C=Cn1c(=C(C#N)S(=O)(=O)c2ccc(C)cc2)sc(=Cc2ccc3c(c2)OCO3)c1=O. The summed E-state index contributed by atoms with van der Waals surface area (Å²) in [6.07, 6.45) is 2.80. The van der Waals surface area contributed by atoms with Crippen LogP contribution >= 0.6 is 11.3 Å². The number of thiazole rings is 1. The molecule has 0 spiro atoms. The van der Waals surface area contributed by atoms with Gasteiger partial charge in [-0.25, -0.2) is 8.42 Å². The van der Waals surface area contributed by atoms with Gasteiger partial charge >= 0.3 is 0 Å². The maximum absolute atomic E-state index is 13.1. The third-order valence-electron chi connectivity index (χ3n) is 4.63. The predicted molar refractivity (Wildman–Crippen MR) is 118 cm³/mol. The average Bonchev–Trinajstić information content (AvgIpc) is 3.33. The highest BCUT2D eigenvalue weighted by Crippen LogP contribution is 2.32. The van der Waals surface area contributed by atoms with E-state index in [1.165, 1.54) is 18.3 Å². The number of nitriles is 1. The van der Waals surface area contributed by atoms with Gasteiger partial charge in [0.2, 0.25) is 16.6 Å². The number of hydrogen-bond donors (Lipinski definition) is 0. The third-order valence-corrected chi connectivity index (χ3v) is 7.58. The fourth-order valence-corrected chi connectivity index (χ4v) is 5.65. The monoisotopic (exact) mass is 452 g/mol. The van der Waals surface area contributed by atoms with Crippen LogP contribution in [0.25, 0.3) is 17.2 Å². The Kier molecular flexibility index (Phi) is 5.27. The maximum atomic E-state index is 13.1. The number of nitrogens with zero attached hydrogens (tertiary/aromatic N) is 2. The zero-order valence-corrected chi connectivity index (χ0v) is 18.0.